The molecule has 0 aliphatic heterocycles. The van der Waals surface area contributed by atoms with E-state index in [9.17, 15) is 9.59 Å². The number of nitrogens with zero attached hydrogens (tertiary/aromatic N) is 2. The van der Waals surface area contributed by atoms with Crippen LogP contribution >= 0.6 is 34.9 Å². The monoisotopic (exact) mass is 330 g/mol. The van der Waals surface area contributed by atoms with Crippen LogP contribution < -0.4 is 10.9 Å². The van der Waals surface area contributed by atoms with Gasteiger partial charge in [0.1, 0.15) is 0 Å². The Balaban J connectivity index is 1.71. The normalized spacial score (nSPS) is 10.2. The van der Waals surface area contributed by atoms with Crippen molar-refractivity contribution >= 4 is 46.7 Å². The Labute approximate surface area is 126 Å². The molecular weight excluding hydrogens is 320 g/mol. The van der Waals surface area contributed by atoms with Gasteiger partial charge in [-0.3, -0.25) is 20.4 Å². The Bertz CT molecular complexity index is 584. The first-order chi connectivity index (χ1) is 9.69. The fourth-order valence-electron chi connectivity index (χ4n) is 1.10. The third kappa shape index (κ3) is 4.25. The van der Waals surface area contributed by atoms with Gasteiger partial charge in [0.05, 0.1) is 12.0 Å². The molecule has 0 saturated carbocycles. The molecule has 0 aliphatic rings. The minimum atomic E-state index is -0.506. The highest BCUT2D eigenvalue weighted by Gasteiger charge is 2.11. The van der Waals surface area contributed by atoms with E-state index < -0.39 is 5.91 Å². The van der Waals surface area contributed by atoms with Gasteiger partial charge in [-0.25, -0.2) is 0 Å². The molecule has 2 aromatic rings. The lowest BCUT2D eigenvalue weighted by Crippen LogP contribution is -2.42. The average molecular weight is 330 g/mol. The van der Waals surface area contributed by atoms with Crippen molar-refractivity contribution in [3.8, 4) is 0 Å². The largest absolute Gasteiger partial charge is 0.459 e. The SMILES string of the molecule is CSc1nnc(SCC(=O)NNC(=O)c2ccco2)s1. The molecule has 0 spiro atoms. The van der Waals surface area contributed by atoms with E-state index in [1.807, 2.05) is 6.26 Å². The van der Waals surface area contributed by atoms with Gasteiger partial charge < -0.3 is 4.42 Å². The highest BCUT2D eigenvalue weighted by molar-refractivity contribution is 8.03. The smallest absolute Gasteiger partial charge is 0.305 e. The summed E-state index contributed by atoms with van der Waals surface area (Å²) in [5.74, 6) is -0.571. The molecule has 0 fully saturated rings. The summed E-state index contributed by atoms with van der Waals surface area (Å²) in [6, 6.07) is 3.09. The Kier molecular flexibility index (Phi) is 5.44. The standard InChI is InChI=1S/C10H10N4O3S3/c1-18-9-13-14-10(20-9)19-5-7(15)11-12-8(16)6-3-2-4-17-6/h2-4H,5H2,1H3,(H,11,15)(H,12,16). The molecule has 7 nitrogen and oxygen atoms in total. The Morgan fingerprint density at radius 2 is 2.15 bits per heavy atom. The van der Waals surface area contributed by atoms with Gasteiger partial charge in [0.25, 0.3) is 0 Å². The van der Waals surface area contributed by atoms with Crippen LogP contribution in [0.2, 0.25) is 0 Å². The van der Waals surface area contributed by atoms with Crippen LogP contribution in [0, 0.1) is 0 Å². The zero-order valence-corrected chi connectivity index (χ0v) is 12.7. The van der Waals surface area contributed by atoms with Crippen LogP contribution in [0.5, 0.6) is 0 Å². The lowest BCUT2D eigenvalue weighted by Gasteiger charge is -2.04. The van der Waals surface area contributed by atoms with Gasteiger partial charge >= 0.3 is 5.91 Å². The molecule has 2 N–H and O–H groups in total. The summed E-state index contributed by atoms with van der Waals surface area (Å²) in [6.45, 7) is 0. The third-order valence-electron chi connectivity index (χ3n) is 1.95. The average Bonchev–Trinajstić information content (AvgIpc) is 3.13. The van der Waals surface area contributed by atoms with Gasteiger partial charge in [-0.2, -0.15) is 0 Å². The highest BCUT2D eigenvalue weighted by Crippen LogP contribution is 2.26. The molecule has 0 bridgehead atoms. The predicted molar refractivity (Wildman–Crippen MR) is 76.7 cm³/mol. The molecule has 0 unspecified atom stereocenters. The lowest BCUT2D eigenvalue weighted by atomic mass is 10.4. The highest BCUT2D eigenvalue weighted by atomic mass is 32.2. The molecule has 10 heteroatoms. The van der Waals surface area contributed by atoms with Crippen LogP contribution in [-0.2, 0) is 4.79 Å². The molecule has 20 heavy (non-hydrogen) atoms. The van der Waals surface area contributed by atoms with Crippen LogP contribution in [-0.4, -0.2) is 34.0 Å². The number of hydrogen-bond acceptors (Lipinski definition) is 8. The van der Waals surface area contributed by atoms with Gasteiger partial charge in [0.15, 0.2) is 14.4 Å². The fourth-order valence-corrected chi connectivity index (χ4v) is 3.34. The van der Waals surface area contributed by atoms with E-state index in [2.05, 4.69) is 21.0 Å². The van der Waals surface area contributed by atoms with E-state index in [0.29, 0.717) is 4.34 Å². The summed E-state index contributed by atoms with van der Waals surface area (Å²) in [7, 11) is 0. The molecule has 2 rings (SSSR count). The first kappa shape index (κ1) is 14.9. The van der Waals surface area contributed by atoms with Crippen LogP contribution in [0.15, 0.2) is 31.5 Å². The van der Waals surface area contributed by atoms with E-state index >= 15 is 0 Å². The second-order valence-electron chi connectivity index (χ2n) is 3.31. The number of amides is 2. The second kappa shape index (κ2) is 7.31. The van der Waals surface area contributed by atoms with Crippen molar-refractivity contribution in [2.45, 2.75) is 8.68 Å². The molecule has 0 aromatic carbocycles. The van der Waals surface area contributed by atoms with Crippen LogP contribution in [0.25, 0.3) is 0 Å². The van der Waals surface area contributed by atoms with Crippen molar-refractivity contribution in [3.63, 3.8) is 0 Å². The lowest BCUT2D eigenvalue weighted by molar-refractivity contribution is -0.119. The predicted octanol–water partition coefficient (Wildman–Crippen LogP) is 1.41. The van der Waals surface area contributed by atoms with Crippen molar-refractivity contribution in [2.75, 3.05) is 12.0 Å². The number of hydrazine groups is 1. The number of carbonyl (C=O) groups excluding carboxylic acids is 2. The summed E-state index contributed by atoms with van der Waals surface area (Å²) >= 11 is 4.18. The van der Waals surface area contributed by atoms with Crippen molar-refractivity contribution in [1.82, 2.24) is 21.0 Å². The fraction of sp³-hybridized carbons (Fsp3) is 0.200. The number of aromatic nitrogens is 2. The minimum absolute atomic E-state index is 0.131. The third-order valence-corrected chi connectivity index (χ3v) is 4.98. The van der Waals surface area contributed by atoms with E-state index in [-0.39, 0.29) is 17.4 Å². The van der Waals surface area contributed by atoms with E-state index in [1.54, 1.807) is 6.07 Å². The maximum Gasteiger partial charge on any atom is 0.305 e. The summed E-state index contributed by atoms with van der Waals surface area (Å²) in [5, 5.41) is 7.84. The second-order valence-corrected chi connectivity index (χ2v) is 6.56. The van der Waals surface area contributed by atoms with Crippen LogP contribution in [0.4, 0.5) is 0 Å². The molecule has 0 atom stereocenters. The molecule has 0 saturated heterocycles. The molecule has 2 amide bonds. The van der Waals surface area contributed by atoms with Gasteiger partial charge in [0.2, 0.25) is 5.91 Å². The first-order valence-electron chi connectivity index (χ1n) is 5.32. The number of thioether (sulfide) groups is 2. The van der Waals surface area contributed by atoms with E-state index in [1.165, 1.54) is 47.2 Å². The van der Waals surface area contributed by atoms with Crippen molar-refractivity contribution < 1.29 is 14.0 Å². The van der Waals surface area contributed by atoms with E-state index in [4.69, 9.17) is 4.42 Å². The van der Waals surface area contributed by atoms with Gasteiger partial charge in [-0.05, 0) is 18.4 Å². The Morgan fingerprint density at radius 3 is 2.80 bits per heavy atom. The van der Waals surface area contributed by atoms with Crippen molar-refractivity contribution in [2.24, 2.45) is 0 Å². The molecular formula is C10H10N4O3S3. The van der Waals surface area contributed by atoms with Gasteiger partial charge in [0, 0.05) is 0 Å². The maximum atomic E-state index is 11.5. The van der Waals surface area contributed by atoms with Gasteiger partial charge in [-0.1, -0.05) is 34.9 Å². The minimum Gasteiger partial charge on any atom is -0.459 e. The molecule has 106 valence electrons. The molecule has 0 radical (unpaired) electrons. The summed E-state index contributed by atoms with van der Waals surface area (Å²) < 4.78 is 6.44. The van der Waals surface area contributed by atoms with Crippen molar-refractivity contribution in [3.05, 3.63) is 24.2 Å². The Hall–Kier alpha value is -1.52. The molecule has 0 aliphatic carbocycles. The van der Waals surface area contributed by atoms with Crippen LogP contribution in [0.1, 0.15) is 10.6 Å². The quantitative estimate of drug-likeness (QED) is 0.632. The number of nitrogens with one attached hydrogen (secondary N) is 2. The summed E-state index contributed by atoms with van der Waals surface area (Å²) in [5.41, 5.74) is 4.55. The molecule has 2 aromatic heterocycles. The van der Waals surface area contributed by atoms with Crippen molar-refractivity contribution in [1.29, 1.82) is 0 Å². The zero-order chi connectivity index (χ0) is 14.4. The Morgan fingerprint density at radius 1 is 1.35 bits per heavy atom. The number of carbonyl (C=O) groups is 2. The summed E-state index contributed by atoms with van der Waals surface area (Å²) in [4.78, 5) is 23.0. The van der Waals surface area contributed by atoms with Gasteiger partial charge in [-0.15, -0.1) is 10.2 Å². The maximum absolute atomic E-state index is 11.5. The molecule has 2 heterocycles. The van der Waals surface area contributed by atoms with E-state index in [0.717, 1.165) is 4.34 Å². The summed E-state index contributed by atoms with van der Waals surface area (Å²) in [6.07, 6.45) is 3.29. The number of rotatable bonds is 5. The number of hydrogen-bond donors (Lipinski definition) is 2. The topological polar surface area (TPSA) is 97.1 Å². The first-order valence-corrected chi connectivity index (χ1v) is 8.34. The zero-order valence-electron chi connectivity index (χ0n) is 10.3. The van der Waals surface area contributed by atoms with Crippen LogP contribution in [0.3, 0.4) is 0 Å². The number of furan rings is 1.